The van der Waals surface area contributed by atoms with E-state index < -0.39 is 16.8 Å². The maximum absolute atomic E-state index is 11.3. The van der Waals surface area contributed by atoms with Crippen LogP contribution in [0.5, 0.6) is 0 Å². The van der Waals surface area contributed by atoms with E-state index in [1.807, 2.05) is 13.8 Å². The van der Waals surface area contributed by atoms with Crippen LogP contribution in [-0.2, 0) is 4.79 Å². The van der Waals surface area contributed by atoms with Gasteiger partial charge in [-0.1, -0.05) is 13.8 Å². The quantitative estimate of drug-likeness (QED) is 0.665. The Bertz CT molecular complexity index is 476. The maximum Gasteiger partial charge on any atom is 0.311 e. The first kappa shape index (κ1) is 14.6. The smallest absolute Gasteiger partial charge is 0.311 e. The Morgan fingerprint density at radius 1 is 1.56 bits per heavy atom. The zero-order valence-electron chi connectivity index (χ0n) is 9.96. The summed E-state index contributed by atoms with van der Waals surface area (Å²) in [4.78, 5) is 25.3. The number of halogens is 1. The molecule has 0 aliphatic heterocycles. The van der Waals surface area contributed by atoms with Gasteiger partial charge in [-0.05, 0) is 28.3 Å². The van der Waals surface area contributed by atoms with Crippen LogP contribution in [0.2, 0.25) is 0 Å². The lowest BCUT2D eigenvalue weighted by molar-refractivity contribution is -0.386. The summed E-state index contributed by atoms with van der Waals surface area (Å²) in [5.41, 5.74) is -0.0892. The molecule has 98 valence electrons. The molecule has 1 aromatic rings. The Hall–Kier alpha value is -1.50. The van der Waals surface area contributed by atoms with Crippen LogP contribution in [0.3, 0.4) is 0 Å². The van der Waals surface area contributed by atoms with Crippen molar-refractivity contribution >= 4 is 27.6 Å². The summed E-state index contributed by atoms with van der Waals surface area (Å²) in [6.45, 7) is 3.74. The fraction of sp³-hybridized carbons (Fsp3) is 0.455. The molecule has 0 aliphatic rings. The molecule has 0 aromatic carbocycles. The topological polar surface area (TPSA) is 93.3 Å². The summed E-state index contributed by atoms with van der Waals surface area (Å²) in [5.74, 6) is -1.87. The first-order chi connectivity index (χ1) is 8.34. The average Bonchev–Trinajstić information content (AvgIpc) is 2.25. The Morgan fingerprint density at radius 2 is 2.17 bits per heavy atom. The molecule has 1 atom stereocenters. The van der Waals surface area contributed by atoms with E-state index in [2.05, 4.69) is 20.9 Å². The van der Waals surface area contributed by atoms with Crippen molar-refractivity contribution in [3.05, 3.63) is 32.5 Å². The van der Waals surface area contributed by atoms with Crippen LogP contribution in [-0.4, -0.2) is 21.0 Å². The van der Waals surface area contributed by atoms with Gasteiger partial charge in [0.1, 0.15) is 6.20 Å². The highest BCUT2D eigenvalue weighted by atomic mass is 79.9. The highest BCUT2D eigenvalue weighted by molar-refractivity contribution is 9.10. The van der Waals surface area contributed by atoms with Crippen LogP contribution in [0.15, 0.2) is 16.9 Å². The molecule has 0 saturated carbocycles. The van der Waals surface area contributed by atoms with Crippen molar-refractivity contribution in [1.29, 1.82) is 0 Å². The van der Waals surface area contributed by atoms with Gasteiger partial charge in [-0.15, -0.1) is 0 Å². The number of carboxylic acids is 1. The van der Waals surface area contributed by atoms with Crippen LogP contribution < -0.4 is 0 Å². The molecule has 0 radical (unpaired) electrons. The second kappa shape index (κ2) is 5.90. The van der Waals surface area contributed by atoms with E-state index in [4.69, 9.17) is 0 Å². The van der Waals surface area contributed by atoms with E-state index in [0.29, 0.717) is 10.9 Å². The lowest BCUT2D eigenvalue weighted by Gasteiger charge is -2.16. The first-order valence-electron chi connectivity index (χ1n) is 5.35. The third-order valence-electron chi connectivity index (χ3n) is 2.47. The molecule has 1 rings (SSSR count). The van der Waals surface area contributed by atoms with Crippen molar-refractivity contribution < 1.29 is 14.8 Å². The van der Waals surface area contributed by atoms with E-state index in [0.717, 1.165) is 6.20 Å². The summed E-state index contributed by atoms with van der Waals surface area (Å²) < 4.78 is 0.352. The van der Waals surface area contributed by atoms with E-state index in [1.165, 1.54) is 6.20 Å². The molecule has 0 aliphatic carbocycles. The molecule has 0 amide bonds. The molecule has 7 heteroatoms. The lowest BCUT2D eigenvalue weighted by Crippen LogP contribution is -2.16. The van der Waals surface area contributed by atoms with Gasteiger partial charge in [0, 0.05) is 10.7 Å². The predicted octanol–water partition coefficient (Wildman–Crippen LogP) is 2.97. The number of carbonyl (C=O) groups is 1. The monoisotopic (exact) mass is 316 g/mol. The number of aliphatic carboxylic acids is 1. The minimum atomic E-state index is -1.07. The van der Waals surface area contributed by atoms with Crippen molar-refractivity contribution in [2.75, 3.05) is 0 Å². The van der Waals surface area contributed by atoms with Gasteiger partial charge < -0.3 is 5.11 Å². The van der Waals surface area contributed by atoms with Gasteiger partial charge in [-0.25, -0.2) is 0 Å². The van der Waals surface area contributed by atoms with E-state index in [1.54, 1.807) is 0 Å². The van der Waals surface area contributed by atoms with Crippen molar-refractivity contribution in [3.63, 3.8) is 0 Å². The second-order valence-electron chi connectivity index (χ2n) is 4.33. The minimum absolute atomic E-state index is 0.116. The normalized spacial score (nSPS) is 12.4. The molecule has 0 spiro atoms. The van der Waals surface area contributed by atoms with Gasteiger partial charge in [0.2, 0.25) is 0 Å². The number of rotatable bonds is 5. The summed E-state index contributed by atoms with van der Waals surface area (Å²) >= 11 is 3.14. The number of aromatic nitrogens is 1. The number of pyridine rings is 1. The second-order valence-corrected chi connectivity index (χ2v) is 5.19. The average molecular weight is 317 g/mol. The number of carboxylic acid groups (broad SMARTS) is 1. The largest absolute Gasteiger partial charge is 0.481 e. The van der Waals surface area contributed by atoms with Crippen molar-refractivity contribution in [2.24, 2.45) is 5.92 Å². The van der Waals surface area contributed by atoms with Crippen LogP contribution in [0.25, 0.3) is 0 Å². The SMILES string of the molecule is CC(C)CC(C(=O)O)c1c(Br)cncc1[N+](=O)[O-]. The molecule has 18 heavy (non-hydrogen) atoms. The van der Waals surface area contributed by atoms with E-state index in [9.17, 15) is 20.0 Å². The van der Waals surface area contributed by atoms with Crippen molar-refractivity contribution in [2.45, 2.75) is 26.2 Å². The van der Waals surface area contributed by atoms with Gasteiger partial charge in [0.25, 0.3) is 5.69 Å². The third-order valence-corrected chi connectivity index (χ3v) is 3.10. The van der Waals surface area contributed by atoms with Crippen LogP contribution in [0, 0.1) is 16.0 Å². The molecule has 1 N–H and O–H groups in total. The highest BCUT2D eigenvalue weighted by Gasteiger charge is 2.31. The Labute approximate surface area is 112 Å². The Morgan fingerprint density at radius 3 is 2.61 bits per heavy atom. The first-order valence-corrected chi connectivity index (χ1v) is 6.14. The maximum atomic E-state index is 11.3. The van der Waals surface area contributed by atoms with Crippen molar-refractivity contribution in [1.82, 2.24) is 4.98 Å². The standard InChI is InChI=1S/C11H13BrN2O4/c1-6(2)3-7(11(15)16)10-8(12)4-13-5-9(10)14(17)18/h4-7H,3H2,1-2H3,(H,15,16). The molecule has 1 unspecified atom stereocenters. The Kier molecular flexibility index (Phi) is 4.77. The van der Waals surface area contributed by atoms with Crippen molar-refractivity contribution in [3.8, 4) is 0 Å². The minimum Gasteiger partial charge on any atom is -0.481 e. The van der Waals surface area contributed by atoms with Gasteiger partial charge >= 0.3 is 5.97 Å². The summed E-state index contributed by atoms with van der Waals surface area (Å²) in [7, 11) is 0. The van der Waals surface area contributed by atoms with E-state index in [-0.39, 0.29) is 17.2 Å². The molecule has 0 saturated heterocycles. The van der Waals surface area contributed by atoms with Gasteiger partial charge in [0.05, 0.1) is 16.4 Å². The third kappa shape index (κ3) is 3.25. The molecule has 0 fully saturated rings. The lowest BCUT2D eigenvalue weighted by atomic mass is 9.90. The van der Waals surface area contributed by atoms with Crippen LogP contribution in [0.1, 0.15) is 31.7 Å². The fourth-order valence-corrected chi connectivity index (χ4v) is 2.34. The summed E-state index contributed by atoms with van der Waals surface area (Å²) in [6, 6.07) is 0. The molecule has 6 nitrogen and oxygen atoms in total. The number of hydrogen-bond acceptors (Lipinski definition) is 4. The molecular formula is C11H13BrN2O4. The van der Waals surface area contributed by atoms with Crippen LogP contribution >= 0.6 is 15.9 Å². The zero-order chi connectivity index (χ0) is 13.9. The zero-order valence-corrected chi connectivity index (χ0v) is 11.5. The van der Waals surface area contributed by atoms with Crippen LogP contribution in [0.4, 0.5) is 5.69 Å². The molecule has 1 heterocycles. The highest BCUT2D eigenvalue weighted by Crippen LogP contribution is 2.36. The molecule has 1 aromatic heterocycles. The van der Waals surface area contributed by atoms with Gasteiger partial charge in [-0.3, -0.25) is 19.9 Å². The van der Waals surface area contributed by atoms with Gasteiger partial charge in [0.15, 0.2) is 0 Å². The van der Waals surface area contributed by atoms with Gasteiger partial charge in [-0.2, -0.15) is 0 Å². The molecule has 0 bridgehead atoms. The molecular weight excluding hydrogens is 304 g/mol. The fourth-order valence-electron chi connectivity index (χ4n) is 1.74. The number of hydrogen-bond donors (Lipinski definition) is 1. The summed E-state index contributed by atoms with van der Waals surface area (Å²) in [6.07, 6.45) is 2.79. The Balaban J connectivity index is 3.34. The van der Waals surface area contributed by atoms with E-state index >= 15 is 0 Å². The number of nitrogens with zero attached hydrogens (tertiary/aromatic N) is 2. The summed E-state index contributed by atoms with van der Waals surface area (Å²) in [5, 5.41) is 20.2. The number of nitro groups is 1. The predicted molar refractivity (Wildman–Crippen MR) is 68.4 cm³/mol.